The summed E-state index contributed by atoms with van der Waals surface area (Å²) in [6.07, 6.45) is 7.00. The lowest BCUT2D eigenvalue weighted by Crippen LogP contribution is -2.46. The smallest absolute Gasteiger partial charge is 0.313 e. The average Bonchev–Trinajstić information content (AvgIpc) is 3.78. The fraction of sp³-hybridized carbons (Fsp3) is 0.878. The Morgan fingerprint density at radius 2 is 1.25 bits per heavy atom. The number of carbonyl (C=O) groups is 5. The first kappa shape index (κ1) is 43.7. The maximum Gasteiger partial charge on any atom is 0.313 e. The lowest BCUT2D eigenvalue weighted by atomic mass is 9.76. The Morgan fingerprint density at radius 3 is 1.71 bits per heavy atom. The van der Waals surface area contributed by atoms with Gasteiger partial charge in [0.1, 0.15) is 17.8 Å². The molecule has 4 heterocycles. The highest BCUT2D eigenvalue weighted by molar-refractivity contribution is 5.80. The Bertz CT molecular complexity index is 1310. The molecular formula is C41H68O11. The summed E-state index contributed by atoms with van der Waals surface area (Å²) in [6.45, 7) is 26.9. The van der Waals surface area contributed by atoms with Crippen molar-refractivity contribution < 1.29 is 52.4 Å². The lowest BCUT2D eigenvalue weighted by Gasteiger charge is -2.42. The molecule has 1 saturated carbocycles. The summed E-state index contributed by atoms with van der Waals surface area (Å²) in [5.41, 5.74) is -2.44. The maximum atomic E-state index is 12.3. The third kappa shape index (κ3) is 8.98. The van der Waals surface area contributed by atoms with Crippen LogP contribution in [0.3, 0.4) is 0 Å². The second kappa shape index (κ2) is 16.4. The SMILES string of the molecule is CCC(C)(C)C(=O)OC1(C(C)C)CCCCC1.CCC(C)(C)C(=O)OC1C2CC3C(=O)OC1C3O2.CCC(C)(C)C(=O)O[C@]1(C)C(C)OC(=O)C1C. The van der Waals surface area contributed by atoms with E-state index in [0.29, 0.717) is 25.2 Å². The van der Waals surface area contributed by atoms with Crippen molar-refractivity contribution >= 4 is 29.8 Å². The Morgan fingerprint density at radius 1 is 0.750 bits per heavy atom. The molecule has 5 rings (SSSR count). The number of esters is 5. The molecule has 8 atom stereocenters. The summed E-state index contributed by atoms with van der Waals surface area (Å²) in [6, 6.07) is 0. The van der Waals surface area contributed by atoms with Gasteiger partial charge in [0.05, 0.1) is 34.2 Å². The van der Waals surface area contributed by atoms with Crippen LogP contribution in [0.1, 0.15) is 155 Å². The van der Waals surface area contributed by atoms with Gasteiger partial charge in [0.15, 0.2) is 17.8 Å². The van der Waals surface area contributed by atoms with Crippen LogP contribution in [0.25, 0.3) is 0 Å². The standard InChI is InChI=1S/C15H28O2.C13H18O5.C13H22O4/c1-6-14(4,5)13(16)17-15(12(2)3)10-8-7-9-11-15;1-4-13(2,3)12(15)18-9-7-5-6-8(16-7)10(9)17-11(6)14;1-7-12(4,5)11(15)17-13(6)8(2)10(14)16-9(13)3/h12H,6-11H2,1-5H3;6-10H,4-5H2,1-3H3;8-9H,7H2,1-6H3/t;;8?,9?,13-/m..0/s1. The van der Waals surface area contributed by atoms with Gasteiger partial charge >= 0.3 is 29.8 Å². The van der Waals surface area contributed by atoms with E-state index in [9.17, 15) is 24.0 Å². The van der Waals surface area contributed by atoms with Crippen LogP contribution in [0.15, 0.2) is 0 Å². The predicted octanol–water partition coefficient (Wildman–Crippen LogP) is 7.68. The molecule has 0 amide bonds. The van der Waals surface area contributed by atoms with E-state index >= 15 is 0 Å². The van der Waals surface area contributed by atoms with Gasteiger partial charge < -0.3 is 28.4 Å². The first-order valence-electron chi connectivity index (χ1n) is 19.7. The van der Waals surface area contributed by atoms with Gasteiger partial charge in [0, 0.05) is 0 Å². The first-order chi connectivity index (χ1) is 23.9. The lowest BCUT2D eigenvalue weighted by molar-refractivity contribution is -0.180. The van der Waals surface area contributed by atoms with Crippen LogP contribution in [0, 0.1) is 34.0 Å². The summed E-state index contributed by atoms with van der Waals surface area (Å²) in [5, 5.41) is 0. The molecule has 0 N–H and O–H groups in total. The van der Waals surface area contributed by atoms with Crippen molar-refractivity contribution in [3.8, 4) is 0 Å². The van der Waals surface area contributed by atoms with E-state index in [1.807, 2.05) is 62.3 Å². The van der Waals surface area contributed by atoms with Crippen molar-refractivity contribution in [3.63, 3.8) is 0 Å². The molecule has 0 aromatic carbocycles. The fourth-order valence-electron chi connectivity index (χ4n) is 6.86. The number of carbonyl (C=O) groups excluding carboxylic acids is 5. The number of rotatable bonds is 10. The zero-order chi connectivity index (χ0) is 39.6. The monoisotopic (exact) mass is 736 g/mol. The molecule has 4 aliphatic heterocycles. The van der Waals surface area contributed by atoms with Crippen molar-refractivity contribution in [2.75, 3.05) is 0 Å². The average molecular weight is 737 g/mol. The normalized spacial score (nSPS) is 31.8. The van der Waals surface area contributed by atoms with Gasteiger partial charge in [-0.05, 0) is 120 Å². The van der Waals surface area contributed by atoms with Crippen molar-refractivity contribution in [1.82, 2.24) is 0 Å². The predicted molar refractivity (Wildman–Crippen MR) is 195 cm³/mol. The van der Waals surface area contributed by atoms with E-state index < -0.39 is 40.7 Å². The van der Waals surface area contributed by atoms with Crippen LogP contribution < -0.4 is 0 Å². The van der Waals surface area contributed by atoms with Crippen LogP contribution in [0.5, 0.6) is 0 Å². The summed E-state index contributed by atoms with van der Waals surface area (Å²) in [5.74, 6) is -1.20. The Kier molecular flexibility index (Phi) is 13.7. The number of hydrogen-bond donors (Lipinski definition) is 0. The molecule has 7 unspecified atom stereocenters. The molecule has 1 aliphatic carbocycles. The molecule has 52 heavy (non-hydrogen) atoms. The Balaban J connectivity index is 0.000000211. The quantitative estimate of drug-likeness (QED) is 0.161. The summed E-state index contributed by atoms with van der Waals surface area (Å²) in [7, 11) is 0. The third-order valence-corrected chi connectivity index (χ3v) is 13.0. The van der Waals surface area contributed by atoms with Crippen LogP contribution in [-0.2, 0) is 52.4 Å². The molecule has 0 aromatic heterocycles. The Labute approximate surface area is 312 Å². The van der Waals surface area contributed by atoms with Gasteiger partial charge in [-0.25, -0.2) is 0 Å². The molecule has 2 bridgehead atoms. The second-order valence-electron chi connectivity index (χ2n) is 18.0. The van der Waals surface area contributed by atoms with Crippen molar-refractivity contribution in [3.05, 3.63) is 0 Å². The van der Waals surface area contributed by atoms with Crippen molar-refractivity contribution in [2.45, 2.75) is 196 Å². The highest BCUT2D eigenvalue weighted by Gasteiger charge is 2.65. The van der Waals surface area contributed by atoms with Gasteiger partial charge in [0.25, 0.3) is 0 Å². The minimum Gasteiger partial charge on any atom is -0.458 e. The van der Waals surface area contributed by atoms with Crippen LogP contribution in [0.2, 0.25) is 0 Å². The number of fused-ring (bicyclic) bond motifs is 1. The highest BCUT2D eigenvalue weighted by Crippen LogP contribution is 2.48. The zero-order valence-corrected chi connectivity index (χ0v) is 34.5. The first-order valence-corrected chi connectivity index (χ1v) is 19.7. The van der Waals surface area contributed by atoms with Gasteiger partial charge in [-0.2, -0.15) is 0 Å². The van der Waals surface area contributed by atoms with E-state index in [1.54, 1.807) is 20.8 Å². The van der Waals surface area contributed by atoms with Crippen LogP contribution in [-0.4, -0.2) is 71.6 Å². The molecule has 0 aromatic rings. The molecule has 11 heteroatoms. The van der Waals surface area contributed by atoms with Gasteiger partial charge in [-0.15, -0.1) is 0 Å². The topological polar surface area (TPSA) is 141 Å². The minimum atomic E-state index is -0.861. The maximum absolute atomic E-state index is 12.3. The van der Waals surface area contributed by atoms with Crippen LogP contribution >= 0.6 is 0 Å². The molecule has 5 fully saturated rings. The number of ether oxygens (including phenoxy) is 6. The Hall–Kier alpha value is -2.69. The van der Waals surface area contributed by atoms with E-state index in [-0.39, 0.29) is 59.0 Å². The second-order valence-corrected chi connectivity index (χ2v) is 18.0. The molecule has 0 radical (unpaired) electrons. The molecule has 11 nitrogen and oxygen atoms in total. The molecule has 298 valence electrons. The summed E-state index contributed by atoms with van der Waals surface area (Å²) in [4.78, 5) is 59.4. The molecule has 4 saturated heterocycles. The van der Waals surface area contributed by atoms with Crippen LogP contribution in [0.4, 0.5) is 0 Å². The molecule has 0 spiro atoms. The van der Waals surface area contributed by atoms with E-state index in [2.05, 4.69) is 13.8 Å². The summed E-state index contributed by atoms with van der Waals surface area (Å²) < 4.78 is 33.1. The fourth-order valence-corrected chi connectivity index (χ4v) is 6.86. The summed E-state index contributed by atoms with van der Waals surface area (Å²) >= 11 is 0. The molecular weight excluding hydrogens is 668 g/mol. The third-order valence-electron chi connectivity index (χ3n) is 13.0. The van der Waals surface area contributed by atoms with Gasteiger partial charge in [-0.3, -0.25) is 24.0 Å². The van der Waals surface area contributed by atoms with E-state index in [0.717, 1.165) is 19.3 Å². The van der Waals surface area contributed by atoms with E-state index in [4.69, 9.17) is 28.4 Å². The minimum absolute atomic E-state index is 0.0180. The highest BCUT2D eigenvalue weighted by atomic mass is 16.7. The van der Waals surface area contributed by atoms with Gasteiger partial charge in [0.2, 0.25) is 0 Å². The number of hydrogen-bond acceptors (Lipinski definition) is 11. The van der Waals surface area contributed by atoms with Gasteiger partial charge in [-0.1, -0.05) is 41.0 Å². The zero-order valence-electron chi connectivity index (χ0n) is 34.5. The largest absolute Gasteiger partial charge is 0.458 e. The van der Waals surface area contributed by atoms with Crippen molar-refractivity contribution in [2.24, 2.45) is 34.0 Å². The molecule has 5 aliphatic rings. The number of cyclic esters (lactones) is 1. The van der Waals surface area contributed by atoms with E-state index in [1.165, 1.54) is 19.3 Å². The van der Waals surface area contributed by atoms with Crippen molar-refractivity contribution in [1.29, 1.82) is 0 Å².